The van der Waals surface area contributed by atoms with Gasteiger partial charge in [0.15, 0.2) is 11.5 Å². The first kappa shape index (κ1) is 20.3. The van der Waals surface area contributed by atoms with Crippen molar-refractivity contribution in [2.75, 3.05) is 39.3 Å². The Bertz CT molecular complexity index is 777. The molecule has 6 heteroatoms. The fraction of sp³-hybridized carbons (Fsp3) is 0.333. The molecular weight excluding hydrogens is 344 g/mol. The van der Waals surface area contributed by atoms with Gasteiger partial charge >= 0.3 is 0 Å². The summed E-state index contributed by atoms with van der Waals surface area (Å²) in [6.07, 6.45) is 0.613. The lowest BCUT2D eigenvalue weighted by Crippen LogP contribution is -2.41. The Morgan fingerprint density at radius 2 is 1.63 bits per heavy atom. The maximum atomic E-state index is 12.5. The van der Waals surface area contributed by atoms with Gasteiger partial charge in [-0.1, -0.05) is 24.3 Å². The lowest BCUT2D eigenvalue weighted by atomic mass is 10.1. The predicted molar refractivity (Wildman–Crippen MR) is 105 cm³/mol. The number of hydrogen-bond donors (Lipinski definition) is 0. The minimum absolute atomic E-state index is 0.0357. The van der Waals surface area contributed by atoms with Crippen LogP contribution in [0.2, 0.25) is 0 Å². The van der Waals surface area contributed by atoms with Gasteiger partial charge in [-0.15, -0.1) is 0 Å². The molecule has 0 saturated carbocycles. The van der Waals surface area contributed by atoms with E-state index in [4.69, 9.17) is 9.47 Å². The zero-order chi connectivity index (χ0) is 19.8. The van der Waals surface area contributed by atoms with Crippen molar-refractivity contribution < 1.29 is 19.1 Å². The molecule has 0 fully saturated rings. The molecule has 2 aromatic rings. The number of likely N-dealkylation sites (N-methyl/N-ethyl adjacent to an activating group) is 1. The van der Waals surface area contributed by atoms with Gasteiger partial charge in [0, 0.05) is 26.2 Å². The maximum Gasteiger partial charge on any atom is 0.246 e. The molecule has 2 amide bonds. The van der Waals surface area contributed by atoms with Crippen LogP contribution in [0.1, 0.15) is 12.5 Å². The molecule has 0 atom stereocenters. The molecule has 0 radical (unpaired) electrons. The number of benzene rings is 2. The van der Waals surface area contributed by atoms with Crippen molar-refractivity contribution in [3.8, 4) is 11.5 Å². The van der Waals surface area contributed by atoms with Gasteiger partial charge in [-0.25, -0.2) is 0 Å². The molecule has 0 spiro atoms. The number of carbonyl (C=O) groups is 2. The highest BCUT2D eigenvalue weighted by molar-refractivity contribution is 5.96. The Morgan fingerprint density at radius 3 is 2.22 bits per heavy atom. The molecule has 0 aliphatic heterocycles. The third-order valence-electron chi connectivity index (χ3n) is 4.41. The van der Waals surface area contributed by atoms with Crippen LogP contribution in [-0.4, -0.2) is 51.1 Å². The largest absolute Gasteiger partial charge is 0.493 e. The number of amides is 2. The Labute approximate surface area is 160 Å². The van der Waals surface area contributed by atoms with Crippen LogP contribution >= 0.6 is 0 Å². The molecule has 0 saturated heterocycles. The van der Waals surface area contributed by atoms with Crippen LogP contribution < -0.4 is 14.4 Å². The summed E-state index contributed by atoms with van der Waals surface area (Å²) in [6, 6.07) is 15.0. The topological polar surface area (TPSA) is 59.1 Å². The van der Waals surface area contributed by atoms with E-state index in [0.29, 0.717) is 24.5 Å². The number of nitrogens with zero attached hydrogens (tertiary/aromatic N) is 2. The van der Waals surface area contributed by atoms with Crippen LogP contribution in [0.15, 0.2) is 48.5 Å². The van der Waals surface area contributed by atoms with Gasteiger partial charge in [0.25, 0.3) is 0 Å². The van der Waals surface area contributed by atoms with Crippen LogP contribution in [0.3, 0.4) is 0 Å². The van der Waals surface area contributed by atoms with Gasteiger partial charge in [0.05, 0.1) is 14.2 Å². The zero-order valence-electron chi connectivity index (χ0n) is 16.3. The van der Waals surface area contributed by atoms with E-state index in [2.05, 4.69) is 0 Å². The molecule has 0 aromatic heterocycles. The minimum Gasteiger partial charge on any atom is -0.493 e. The van der Waals surface area contributed by atoms with Crippen LogP contribution in [0.4, 0.5) is 5.69 Å². The zero-order valence-corrected chi connectivity index (χ0v) is 16.3. The minimum atomic E-state index is -0.135. The van der Waals surface area contributed by atoms with Gasteiger partial charge in [-0.3, -0.25) is 9.59 Å². The lowest BCUT2D eigenvalue weighted by molar-refractivity contribution is -0.133. The molecule has 0 bridgehead atoms. The summed E-state index contributed by atoms with van der Waals surface area (Å²) in [5, 5.41) is 0. The summed E-state index contributed by atoms with van der Waals surface area (Å²) < 4.78 is 10.5. The second kappa shape index (κ2) is 9.62. The van der Waals surface area contributed by atoms with E-state index in [-0.39, 0.29) is 18.4 Å². The Balaban J connectivity index is 2.01. The Hall–Kier alpha value is -3.02. The van der Waals surface area contributed by atoms with Crippen molar-refractivity contribution in [2.45, 2.75) is 13.3 Å². The van der Waals surface area contributed by atoms with Crippen molar-refractivity contribution in [1.82, 2.24) is 4.90 Å². The van der Waals surface area contributed by atoms with Crippen molar-refractivity contribution in [3.05, 3.63) is 54.1 Å². The van der Waals surface area contributed by atoms with Crippen LogP contribution in [0, 0.1) is 0 Å². The summed E-state index contributed by atoms with van der Waals surface area (Å²) >= 11 is 0. The predicted octanol–water partition coefficient (Wildman–Crippen LogP) is 2.76. The molecule has 2 rings (SSSR count). The lowest BCUT2D eigenvalue weighted by Gasteiger charge is -2.24. The second-order valence-corrected chi connectivity index (χ2v) is 6.17. The van der Waals surface area contributed by atoms with Crippen molar-refractivity contribution in [3.63, 3.8) is 0 Å². The monoisotopic (exact) mass is 370 g/mol. The summed E-state index contributed by atoms with van der Waals surface area (Å²) in [4.78, 5) is 27.7. The summed E-state index contributed by atoms with van der Waals surface area (Å²) in [5.74, 6) is 1.03. The number of ether oxygens (including phenoxy) is 2. The molecule has 144 valence electrons. The van der Waals surface area contributed by atoms with Gasteiger partial charge in [0.2, 0.25) is 11.8 Å². The Kier molecular flexibility index (Phi) is 7.23. The van der Waals surface area contributed by atoms with E-state index < -0.39 is 0 Å². The van der Waals surface area contributed by atoms with Gasteiger partial charge in [0.1, 0.15) is 6.54 Å². The number of carbonyl (C=O) groups excluding carboxylic acids is 2. The third-order valence-corrected chi connectivity index (χ3v) is 4.41. The first-order valence-corrected chi connectivity index (χ1v) is 8.74. The number of anilines is 1. The maximum absolute atomic E-state index is 12.5. The second-order valence-electron chi connectivity index (χ2n) is 6.17. The average molecular weight is 370 g/mol. The van der Waals surface area contributed by atoms with E-state index in [1.807, 2.05) is 48.5 Å². The third kappa shape index (κ3) is 5.48. The molecular formula is C21H26N2O4. The molecule has 0 unspecified atom stereocenters. The normalized spacial score (nSPS) is 10.2. The highest BCUT2D eigenvalue weighted by Crippen LogP contribution is 2.27. The van der Waals surface area contributed by atoms with Crippen molar-refractivity contribution in [1.29, 1.82) is 0 Å². The molecule has 0 aliphatic carbocycles. The number of rotatable bonds is 8. The number of para-hydroxylation sites is 1. The quantitative estimate of drug-likeness (QED) is 0.717. The van der Waals surface area contributed by atoms with E-state index in [1.165, 1.54) is 6.92 Å². The van der Waals surface area contributed by atoms with E-state index in [9.17, 15) is 9.59 Å². The molecule has 0 aliphatic rings. The van der Waals surface area contributed by atoms with Crippen LogP contribution in [0.5, 0.6) is 11.5 Å². The van der Waals surface area contributed by atoms with E-state index in [1.54, 1.807) is 31.1 Å². The molecule has 0 N–H and O–H groups in total. The summed E-state index contributed by atoms with van der Waals surface area (Å²) in [7, 11) is 4.88. The molecule has 6 nitrogen and oxygen atoms in total. The highest BCUT2D eigenvalue weighted by Gasteiger charge is 2.18. The summed E-state index contributed by atoms with van der Waals surface area (Å²) in [6.45, 7) is 1.96. The standard InChI is InChI=1S/C21H26N2O4/c1-16(24)23(15-21(25)22(2)18-8-6-5-7-9-18)13-12-17-10-11-19(26-3)20(14-17)27-4/h5-11,14H,12-13,15H2,1-4H3. The highest BCUT2D eigenvalue weighted by atomic mass is 16.5. The van der Waals surface area contributed by atoms with Crippen molar-refractivity contribution >= 4 is 17.5 Å². The average Bonchev–Trinajstić information content (AvgIpc) is 2.70. The summed E-state index contributed by atoms with van der Waals surface area (Å²) in [5.41, 5.74) is 1.80. The van der Waals surface area contributed by atoms with Crippen molar-refractivity contribution in [2.24, 2.45) is 0 Å². The van der Waals surface area contributed by atoms with E-state index >= 15 is 0 Å². The molecule has 0 heterocycles. The van der Waals surface area contributed by atoms with Crippen LogP contribution in [0.25, 0.3) is 0 Å². The van der Waals surface area contributed by atoms with Gasteiger partial charge in [-0.05, 0) is 36.2 Å². The molecule has 27 heavy (non-hydrogen) atoms. The van der Waals surface area contributed by atoms with E-state index in [0.717, 1.165) is 11.3 Å². The van der Waals surface area contributed by atoms with Gasteiger partial charge in [-0.2, -0.15) is 0 Å². The first-order chi connectivity index (χ1) is 13.0. The number of methoxy groups -OCH3 is 2. The first-order valence-electron chi connectivity index (χ1n) is 8.74. The fourth-order valence-corrected chi connectivity index (χ4v) is 2.71. The fourth-order valence-electron chi connectivity index (χ4n) is 2.71. The van der Waals surface area contributed by atoms with Crippen LogP contribution in [-0.2, 0) is 16.0 Å². The Morgan fingerprint density at radius 1 is 0.963 bits per heavy atom. The smallest absolute Gasteiger partial charge is 0.246 e. The van der Waals surface area contributed by atoms with Gasteiger partial charge < -0.3 is 19.3 Å². The molecule has 2 aromatic carbocycles. The number of hydrogen-bond acceptors (Lipinski definition) is 4. The SMILES string of the molecule is COc1ccc(CCN(CC(=O)N(C)c2ccccc2)C(C)=O)cc1OC.